The van der Waals surface area contributed by atoms with E-state index in [1.165, 1.54) is 0 Å². The Labute approximate surface area is 110 Å². The molecular formula is C15H14N2O2. The van der Waals surface area contributed by atoms with Gasteiger partial charge >= 0.3 is 0 Å². The van der Waals surface area contributed by atoms with Crippen LogP contribution in [0.25, 0.3) is 11.1 Å². The summed E-state index contributed by atoms with van der Waals surface area (Å²) >= 11 is 0. The molecule has 0 aliphatic rings. The van der Waals surface area contributed by atoms with Gasteiger partial charge in [-0.05, 0) is 18.6 Å². The summed E-state index contributed by atoms with van der Waals surface area (Å²) in [5.74, 6) is -0.136. The van der Waals surface area contributed by atoms with Crippen LogP contribution in [0.4, 0.5) is 5.69 Å². The Hall–Kier alpha value is -2.49. The summed E-state index contributed by atoms with van der Waals surface area (Å²) in [5.41, 5.74) is 4.07. The fourth-order valence-electron chi connectivity index (χ4n) is 2.17. The minimum Gasteiger partial charge on any atom is -0.463 e. The number of nitrogens with one attached hydrogen (secondary N) is 1. The summed E-state index contributed by atoms with van der Waals surface area (Å²) in [6.07, 6.45) is 1.62. The van der Waals surface area contributed by atoms with Crippen LogP contribution >= 0.6 is 0 Å². The Balaban J connectivity index is 1.94. The maximum Gasteiger partial charge on any atom is 0.272 e. The average Bonchev–Trinajstić information content (AvgIpc) is 2.96. The van der Waals surface area contributed by atoms with Crippen LogP contribution in [0.15, 0.2) is 47.1 Å². The standard InChI is InChI=1S/C15H14N2O2/c1-10-5-3-4-6-11(10)16-15(18)13-9-14-12(17(13)2)7-8-19-14/h3-9H,1-2H3,(H,16,18). The molecular weight excluding hydrogens is 240 g/mol. The van der Waals surface area contributed by atoms with Gasteiger partial charge in [0.15, 0.2) is 5.58 Å². The van der Waals surface area contributed by atoms with E-state index in [4.69, 9.17) is 4.42 Å². The summed E-state index contributed by atoms with van der Waals surface area (Å²) in [4.78, 5) is 12.3. The monoisotopic (exact) mass is 254 g/mol. The van der Waals surface area contributed by atoms with E-state index in [0.717, 1.165) is 22.4 Å². The third-order valence-electron chi connectivity index (χ3n) is 3.29. The van der Waals surface area contributed by atoms with Crippen molar-refractivity contribution in [3.63, 3.8) is 0 Å². The number of anilines is 1. The number of benzene rings is 1. The van der Waals surface area contributed by atoms with E-state index < -0.39 is 0 Å². The largest absolute Gasteiger partial charge is 0.463 e. The molecule has 96 valence electrons. The molecule has 0 aliphatic carbocycles. The normalized spacial score (nSPS) is 10.8. The molecule has 0 radical (unpaired) electrons. The van der Waals surface area contributed by atoms with Gasteiger partial charge < -0.3 is 14.3 Å². The van der Waals surface area contributed by atoms with Crippen LogP contribution < -0.4 is 5.32 Å². The lowest BCUT2D eigenvalue weighted by Gasteiger charge is -2.08. The number of carbonyl (C=O) groups excluding carboxylic acids is 1. The summed E-state index contributed by atoms with van der Waals surface area (Å²) in [5, 5.41) is 2.92. The van der Waals surface area contributed by atoms with Gasteiger partial charge in [0.25, 0.3) is 5.91 Å². The van der Waals surface area contributed by atoms with Crippen molar-refractivity contribution in [3.8, 4) is 0 Å². The third-order valence-corrected chi connectivity index (χ3v) is 3.29. The van der Waals surface area contributed by atoms with Crippen LogP contribution in [-0.4, -0.2) is 10.5 Å². The molecule has 0 atom stereocenters. The van der Waals surface area contributed by atoms with Gasteiger partial charge in [-0.25, -0.2) is 0 Å². The smallest absolute Gasteiger partial charge is 0.272 e. The number of furan rings is 1. The second-order valence-electron chi connectivity index (χ2n) is 4.53. The van der Waals surface area contributed by atoms with E-state index in [9.17, 15) is 4.79 Å². The van der Waals surface area contributed by atoms with Gasteiger partial charge in [0.05, 0.1) is 11.8 Å². The van der Waals surface area contributed by atoms with Crippen molar-refractivity contribution in [2.24, 2.45) is 7.05 Å². The van der Waals surface area contributed by atoms with Crippen molar-refractivity contribution in [2.45, 2.75) is 6.92 Å². The number of aromatic nitrogens is 1. The van der Waals surface area contributed by atoms with Gasteiger partial charge in [-0.15, -0.1) is 0 Å². The van der Waals surface area contributed by atoms with Gasteiger partial charge in [-0.3, -0.25) is 4.79 Å². The van der Waals surface area contributed by atoms with Crippen LogP contribution in [0.3, 0.4) is 0 Å². The first-order valence-corrected chi connectivity index (χ1v) is 6.07. The molecule has 1 aromatic carbocycles. The molecule has 4 nitrogen and oxygen atoms in total. The predicted octanol–water partition coefficient (Wildman–Crippen LogP) is 3.33. The lowest BCUT2D eigenvalue weighted by atomic mass is 10.2. The molecule has 1 N–H and O–H groups in total. The molecule has 0 spiro atoms. The predicted molar refractivity (Wildman–Crippen MR) is 74.3 cm³/mol. The second-order valence-corrected chi connectivity index (χ2v) is 4.53. The Bertz CT molecular complexity index is 752. The Morgan fingerprint density at radius 3 is 2.79 bits per heavy atom. The lowest BCUT2D eigenvalue weighted by Crippen LogP contribution is -2.16. The van der Waals surface area contributed by atoms with E-state index in [1.54, 1.807) is 12.3 Å². The molecule has 2 heterocycles. The van der Waals surface area contributed by atoms with Crippen molar-refractivity contribution in [3.05, 3.63) is 53.9 Å². The summed E-state index contributed by atoms with van der Waals surface area (Å²) in [6, 6.07) is 11.3. The zero-order valence-corrected chi connectivity index (χ0v) is 10.8. The molecule has 0 unspecified atom stereocenters. The van der Waals surface area contributed by atoms with E-state index in [0.29, 0.717) is 5.69 Å². The van der Waals surface area contributed by atoms with Crippen molar-refractivity contribution in [2.75, 3.05) is 5.32 Å². The lowest BCUT2D eigenvalue weighted by molar-refractivity contribution is 0.101. The number of para-hydroxylation sites is 1. The van der Waals surface area contributed by atoms with Gasteiger partial charge in [-0.1, -0.05) is 18.2 Å². The first kappa shape index (κ1) is 11.6. The van der Waals surface area contributed by atoms with Crippen LogP contribution in [0, 0.1) is 6.92 Å². The molecule has 3 rings (SSSR count). The molecule has 19 heavy (non-hydrogen) atoms. The molecule has 0 bridgehead atoms. The highest BCUT2D eigenvalue weighted by molar-refractivity contribution is 6.06. The summed E-state index contributed by atoms with van der Waals surface area (Å²) < 4.78 is 7.13. The quantitative estimate of drug-likeness (QED) is 0.762. The van der Waals surface area contributed by atoms with Gasteiger partial charge in [0.2, 0.25) is 0 Å². The number of hydrogen-bond acceptors (Lipinski definition) is 2. The van der Waals surface area contributed by atoms with E-state index in [1.807, 2.05) is 48.9 Å². The average molecular weight is 254 g/mol. The molecule has 0 saturated heterocycles. The number of aryl methyl sites for hydroxylation is 2. The molecule has 0 fully saturated rings. The zero-order valence-electron chi connectivity index (χ0n) is 10.8. The van der Waals surface area contributed by atoms with Crippen LogP contribution in [0.2, 0.25) is 0 Å². The fourth-order valence-corrected chi connectivity index (χ4v) is 2.17. The van der Waals surface area contributed by atoms with Crippen molar-refractivity contribution in [1.29, 1.82) is 0 Å². The van der Waals surface area contributed by atoms with Gasteiger partial charge in [-0.2, -0.15) is 0 Å². The van der Waals surface area contributed by atoms with Crippen LogP contribution in [-0.2, 0) is 7.05 Å². The number of amides is 1. The van der Waals surface area contributed by atoms with Crippen molar-refractivity contribution < 1.29 is 9.21 Å². The summed E-state index contributed by atoms with van der Waals surface area (Å²) in [6.45, 7) is 1.96. The second kappa shape index (κ2) is 4.31. The first-order chi connectivity index (χ1) is 9.16. The SMILES string of the molecule is Cc1ccccc1NC(=O)c1cc2occc2n1C. The molecule has 0 aliphatic heterocycles. The summed E-state index contributed by atoms with van der Waals surface area (Å²) in [7, 11) is 1.85. The Morgan fingerprint density at radius 2 is 2.05 bits per heavy atom. The molecule has 4 heteroatoms. The Kier molecular flexibility index (Phi) is 2.63. The highest BCUT2D eigenvalue weighted by Gasteiger charge is 2.15. The molecule has 0 saturated carbocycles. The van der Waals surface area contributed by atoms with Crippen LogP contribution in [0.1, 0.15) is 16.1 Å². The van der Waals surface area contributed by atoms with Crippen molar-refractivity contribution in [1.82, 2.24) is 4.57 Å². The topological polar surface area (TPSA) is 47.2 Å². The van der Waals surface area contributed by atoms with Crippen LogP contribution in [0.5, 0.6) is 0 Å². The third kappa shape index (κ3) is 1.91. The highest BCUT2D eigenvalue weighted by atomic mass is 16.3. The first-order valence-electron chi connectivity index (χ1n) is 6.07. The number of fused-ring (bicyclic) bond motifs is 1. The molecule has 2 aromatic heterocycles. The molecule has 1 amide bonds. The minimum absolute atomic E-state index is 0.136. The maximum atomic E-state index is 12.3. The van der Waals surface area contributed by atoms with E-state index in [-0.39, 0.29) is 5.91 Å². The molecule has 3 aromatic rings. The number of nitrogens with zero attached hydrogens (tertiary/aromatic N) is 1. The van der Waals surface area contributed by atoms with Gasteiger partial charge in [0.1, 0.15) is 5.69 Å². The number of hydrogen-bond donors (Lipinski definition) is 1. The van der Waals surface area contributed by atoms with Crippen molar-refractivity contribution >= 4 is 22.7 Å². The Morgan fingerprint density at radius 1 is 1.26 bits per heavy atom. The number of carbonyl (C=O) groups is 1. The fraction of sp³-hybridized carbons (Fsp3) is 0.133. The maximum absolute atomic E-state index is 12.3. The zero-order chi connectivity index (χ0) is 13.4. The van der Waals surface area contributed by atoms with E-state index in [2.05, 4.69) is 5.32 Å². The van der Waals surface area contributed by atoms with Gasteiger partial charge in [0, 0.05) is 24.9 Å². The number of rotatable bonds is 2. The van der Waals surface area contributed by atoms with E-state index >= 15 is 0 Å². The highest BCUT2D eigenvalue weighted by Crippen LogP contribution is 2.21. The minimum atomic E-state index is -0.136.